The van der Waals surface area contributed by atoms with Crippen LogP contribution in [0.1, 0.15) is 40.2 Å². The Labute approximate surface area is 352 Å². The highest BCUT2D eigenvalue weighted by molar-refractivity contribution is 6.20. The first-order valence-electron chi connectivity index (χ1n) is 20.3. The van der Waals surface area contributed by atoms with Crippen LogP contribution in [0.15, 0.2) is 176 Å². The van der Waals surface area contributed by atoms with Gasteiger partial charge >= 0.3 is 0 Å². The van der Waals surface area contributed by atoms with Crippen LogP contribution >= 0.6 is 0 Å². The molecule has 13 rings (SSSR count). The summed E-state index contributed by atoms with van der Waals surface area (Å²) in [5.74, 6) is 0.498. The Morgan fingerprint density at radius 1 is 0.661 bits per heavy atom. The van der Waals surface area contributed by atoms with Gasteiger partial charge in [-0.05, 0) is 78.2 Å². The molecule has 8 aromatic heterocycles. The Morgan fingerprint density at radius 2 is 1.53 bits per heavy atom. The van der Waals surface area contributed by atoms with E-state index in [-0.39, 0.29) is 0 Å². The topological polar surface area (TPSA) is 145 Å². The van der Waals surface area contributed by atoms with Crippen LogP contribution in [-0.2, 0) is 0 Å². The molecule has 1 unspecified atom stereocenters. The second kappa shape index (κ2) is 13.4. The number of aromatic amines is 3. The molecule has 292 valence electrons. The number of imidazole rings is 1. The van der Waals surface area contributed by atoms with Crippen molar-refractivity contribution in [3.8, 4) is 0 Å². The maximum absolute atomic E-state index is 5.44. The van der Waals surface area contributed by atoms with E-state index in [4.69, 9.17) is 25.1 Å². The molecule has 2 aliphatic heterocycles. The minimum atomic E-state index is -0.535. The minimum Gasteiger partial charge on any atom is -0.356 e. The molecule has 0 spiro atoms. The first-order valence-corrected chi connectivity index (χ1v) is 20.3. The van der Waals surface area contributed by atoms with E-state index in [1.165, 1.54) is 0 Å². The highest BCUT2D eigenvalue weighted by Gasteiger charge is 2.44. The summed E-state index contributed by atoms with van der Waals surface area (Å²) in [5.41, 5.74) is 14.6. The number of hydrogen-bond acceptors (Lipinski definition) is 8. The predicted octanol–water partition coefficient (Wildman–Crippen LogP) is 9.82. The Balaban J connectivity index is 1.24. The van der Waals surface area contributed by atoms with E-state index < -0.39 is 6.04 Å². The summed E-state index contributed by atoms with van der Waals surface area (Å²) < 4.78 is 2.16. The molecule has 0 radical (unpaired) electrons. The van der Waals surface area contributed by atoms with Crippen LogP contribution in [0.4, 0.5) is 0 Å². The van der Waals surface area contributed by atoms with Gasteiger partial charge in [0.05, 0.1) is 57.6 Å². The number of pyridine rings is 2. The van der Waals surface area contributed by atoms with E-state index in [1.807, 2.05) is 36.4 Å². The van der Waals surface area contributed by atoms with Crippen molar-refractivity contribution in [2.75, 3.05) is 0 Å². The molecule has 2 aliphatic rings. The lowest BCUT2D eigenvalue weighted by Gasteiger charge is -2.44. The molecule has 62 heavy (non-hydrogen) atoms. The van der Waals surface area contributed by atoms with Crippen molar-refractivity contribution < 1.29 is 0 Å². The third kappa shape index (κ3) is 5.16. The van der Waals surface area contributed by atoms with Crippen molar-refractivity contribution in [3.63, 3.8) is 0 Å². The average molecular weight is 801 g/mol. The minimum absolute atomic E-state index is 0.498. The number of nitrogens with one attached hydrogen (secondary N) is 3. The highest BCUT2D eigenvalue weighted by atomic mass is 15.2. The van der Waals surface area contributed by atoms with Crippen LogP contribution in [0.5, 0.6) is 0 Å². The van der Waals surface area contributed by atoms with Gasteiger partial charge < -0.3 is 19.3 Å². The van der Waals surface area contributed by atoms with Crippen LogP contribution in [-0.4, -0.2) is 59.6 Å². The lowest BCUT2D eigenvalue weighted by Crippen LogP contribution is -2.34. The van der Waals surface area contributed by atoms with E-state index >= 15 is 0 Å². The molecular formula is C50H32N12. The standard InChI is InChI=1S/C50H32N12/c1-4-13-34-29(10-1)18-20-38(55-34)43-42-21-19-32(37-16-9-23-54-58-37)47(33-22-25-61-24-8-7-17-41(33)61)62(42)48(39-26-30-11-2-5-14-35(30)56-39)45(46-31-12-3-6-15-36(31)59-60-46)44(43)50-51-27-40-49(57-50)53-28-52-40/h1-28,48,56H,(H,59,60)(H,51,52,53,57). The molecule has 0 amide bonds. The van der Waals surface area contributed by atoms with Gasteiger partial charge in [0, 0.05) is 68.4 Å². The number of H-pyrrole nitrogens is 3. The van der Waals surface area contributed by atoms with E-state index in [0.29, 0.717) is 11.5 Å². The number of rotatable bonds is 6. The maximum Gasteiger partial charge on any atom is 0.181 e. The van der Waals surface area contributed by atoms with Gasteiger partial charge in [-0.15, -0.1) is 0 Å². The summed E-state index contributed by atoms with van der Waals surface area (Å²) in [6.07, 6.45) is 13.7. The molecule has 12 nitrogen and oxygen atoms in total. The molecule has 0 aliphatic carbocycles. The summed E-state index contributed by atoms with van der Waals surface area (Å²) in [4.78, 5) is 29.9. The lowest BCUT2D eigenvalue weighted by molar-refractivity contribution is 0.438. The van der Waals surface area contributed by atoms with Crippen LogP contribution in [0.3, 0.4) is 0 Å². The number of fused-ring (bicyclic) bond motifs is 6. The third-order valence-corrected chi connectivity index (χ3v) is 12.0. The van der Waals surface area contributed by atoms with Crippen molar-refractivity contribution in [1.82, 2.24) is 59.6 Å². The number of benzene rings is 3. The number of aromatic nitrogens is 11. The second-order valence-corrected chi connectivity index (χ2v) is 15.4. The third-order valence-electron chi connectivity index (χ3n) is 12.0. The Hall–Kier alpha value is -8.77. The molecule has 3 N–H and O–H groups in total. The number of nitrogens with zero attached hydrogens (tertiary/aromatic N) is 9. The average Bonchev–Trinajstić information content (AvgIpc) is 4.16. The molecular weight excluding hydrogens is 769 g/mol. The summed E-state index contributed by atoms with van der Waals surface area (Å²) in [7, 11) is 0. The van der Waals surface area contributed by atoms with E-state index in [1.54, 1.807) is 18.7 Å². The maximum atomic E-state index is 5.44. The highest BCUT2D eigenvalue weighted by Crippen LogP contribution is 2.57. The fourth-order valence-corrected chi connectivity index (χ4v) is 9.26. The van der Waals surface area contributed by atoms with Gasteiger partial charge in [-0.1, -0.05) is 66.7 Å². The normalized spacial score (nSPS) is 15.6. The number of allylic oxidation sites excluding steroid dienone is 5. The molecule has 1 atom stereocenters. The number of hydrogen-bond donors (Lipinski definition) is 3. The summed E-state index contributed by atoms with van der Waals surface area (Å²) in [5, 5.41) is 20.8. The fourth-order valence-electron chi connectivity index (χ4n) is 9.26. The smallest absolute Gasteiger partial charge is 0.181 e. The summed E-state index contributed by atoms with van der Waals surface area (Å²) in [6.45, 7) is 0. The summed E-state index contributed by atoms with van der Waals surface area (Å²) >= 11 is 0. The van der Waals surface area contributed by atoms with Gasteiger partial charge in [-0.3, -0.25) is 5.10 Å². The van der Waals surface area contributed by atoms with E-state index in [2.05, 4.69) is 150 Å². The van der Waals surface area contributed by atoms with Crippen LogP contribution in [0, 0.1) is 0 Å². The molecule has 0 saturated heterocycles. The SMILES string of the molecule is C1=CC2=C(c3ccc4ccccc4n3)C(c3ncc4[nH]cnc4n3)=C(c3n[nH]c4ccccc34)C(c3cc4ccccc4[nH]3)N2C(c2ccn3ccccc23)=C1c1cccnn1. The zero-order valence-electron chi connectivity index (χ0n) is 32.8. The van der Waals surface area contributed by atoms with E-state index in [9.17, 15) is 0 Å². The van der Waals surface area contributed by atoms with E-state index in [0.717, 1.165) is 106 Å². The molecule has 12 heteroatoms. The largest absolute Gasteiger partial charge is 0.356 e. The van der Waals surface area contributed by atoms with Crippen molar-refractivity contribution in [3.05, 3.63) is 211 Å². The van der Waals surface area contributed by atoms with Crippen molar-refractivity contribution in [1.29, 1.82) is 0 Å². The van der Waals surface area contributed by atoms with Crippen LogP contribution in [0.25, 0.3) is 77.4 Å². The van der Waals surface area contributed by atoms with Gasteiger partial charge in [0.15, 0.2) is 11.5 Å². The van der Waals surface area contributed by atoms with Gasteiger partial charge in [-0.25, -0.2) is 19.9 Å². The Bertz CT molecular complexity index is 3690. The zero-order valence-corrected chi connectivity index (χ0v) is 32.8. The van der Waals surface area contributed by atoms with Gasteiger partial charge in [0.25, 0.3) is 0 Å². The first kappa shape index (κ1) is 34.1. The second-order valence-electron chi connectivity index (χ2n) is 15.4. The van der Waals surface area contributed by atoms with Crippen molar-refractivity contribution in [2.24, 2.45) is 0 Å². The quantitative estimate of drug-likeness (QED) is 0.151. The Kier molecular flexibility index (Phi) is 7.36. The molecule has 0 bridgehead atoms. The molecule has 3 aromatic carbocycles. The van der Waals surface area contributed by atoms with Crippen molar-refractivity contribution >= 4 is 77.4 Å². The monoisotopic (exact) mass is 800 g/mol. The van der Waals surface area contributed by atoms with Crippen LogP contribution in [0.2, 0.25) is 0 Å². The van der Waals surface area contributed by atoms with Crippen molar-refractivity contribution in [2.45, 2.75) is 6.04 Å². The van der Waals surface area contributed by atoms with Gasteiger partial charge in [0.1, 0.15) is 11.6 Å². The van der Waals surface area contributed by atoms with Crippen LogP contribution < -0.4 is 0 Å². The predicted molar refractivity (Wildman–Crippen MR) is 242 cm³/mol. The van der Waals surface area contributed by atoms with Gasteiger partial charge in [-0.2, -0.15) is 15.3 Å². The fraction of sp³-hybridized carbons (Fsp3) is 0.0200. The first-order chi connectivity index (χ1) is 30.7. The summed E-state index contributed by atoms with van der Waals surface area (Å²) in [6, 6.07) is 43.2. The molecule has 0 saturated carbocycles. The molecule has 11 aromatic rings. The number of para-hydroxylation sites is 3. The molecule has 0 fully saturated rings. The molecule has 10 heterocycles. The Morgan fingerprint density at radius 3 is 2.45 bits per heavy atom. The lowest BCUT2D eigenvalue weighted by atomic mass is 9.79. The zero-order chi connectivity index (χ0) is 40.7. The van der Waals surface area contributed by atoms with Gasteiger partial charge in [0.2, 0.25) is 0 Å².